The van der Waals surface area contributed by atoms with Gasteiger partial charge in [0.15, 0.2) is 5.82 Å². The Morgan fingerprint density at radius 2 is 1.64 bits per heavy atom. The monoisotopic (exact) mass is 696 g/mol. The standard InChI is InChI=1S/C40H50F2N6OSi/c1-25(2)50(26(3)4,27(5)6)20-13-30-33(41)12-11-28-21-29(49)22-31(34(28)30)36-35(42)37-32(23-43-36)38(47-17-8-7-9-18-47)46-39(45-37)48-19-15-40(24-48)14-10-16-44-40/h11-12,21-23,25-27,44,49H,7-10,14-19,24H2,1-6H3. The van der Waals surface area contributed by atoms with Crippen LogP contribution in [-0.4, -0.2) is 66.4 Å². The van der Waals surface area contributed by atoms with Crippen LogP contribution in [0.25, 0.3) is 32.9 Å². The Kier molecular flexibility index (Phi) is 9.27. The molecule has 2 aromatic heterocycles. The molecule has 10 heteroatoms. The van der Waals surface area contributed by atoms with E-state index < -0.39 is 19.7 Å². The number of benzene rings is 2. The first-order valence-electron chi connectivity index (χ1n) is 18.5. The molecule has 0 bridgehead atoms. The maximum absolute atomic E-state index is 17.2. The molecule has 3 saturated heterocycles. The second-order valence-electron chi connectivity index (χ2n) is 15.7. The average Bonchev–Trinajstić information content (AvgIpc) is 3.74. The summed E-state index contributed by atoms with van der Waals surface area (Å²) >= 11 is 0. The minimum absolute atomic E-state index is 0.0109. The van der Waals surface area contributed by atoms with Crippen LogP contribution in [0.2, 0.25) is 16.6 Å². The molecule has 2 aromatic carbocycles. The van der Waals surface area contributed by atoms with Crippen molar-refractivity contribution in [3.63, 3.8) is 0 Å². The zero-order valence-corrected chi connectivity index (χ0v) is 31.3. The van der Waals surface area contributed by atoms with Gasteiger partial charge in [0.1, 0.15) is 36.7 Å². The van der Waals surface area contributed by atoms with Gasteiger partial charge in [-0.15, -0.1) is 5.54 Å². The van der Waals surface area contributed by atoms with Gasteiger partial charge in [-0.1, -0.05) is 53.5 Å². The van der Waals surface area contributed by atoms with Crippen molar-refractivity contribution in [3.8, 4) is 28.5 Å². The number of hydrogen-bond acceptors (Lipinski definition) is 7. The highest BCUT2D eigenvalue weighted by atomic mass is 28.3. The summed E-state index contributed by atoms with van der Waals surface area (Å²) in [6, 6.07) is 6.06. The molecule has 4 aromatic rings. The normalized spacial score (nSPS) is 19.9. The molecule has 3 aliphatic rings. The zero-order chi connectivity index (χ0) is 35.4. The van der Waals surface area contributed by atoms with E-state index in [9.17, 15) is 5.11 Å². The Balaban J connectivity index is 1.43. The lowest BCUT2D eigenvalue weighted by Gasteiger charge is -2.38. The van der Waals surface area contributed by atoms with E-state index >= 15 is 8.78 Å². The van der Waals surface area contributed by atoms with Gasteiger partial charge < -0.3 is 20.2 Å². The molecule has 3 aliphatic heterocycles. The van der Waals surface area contributed by atoms with Crippen molar-refractivity contribution in [2.45, 2.75) is 102 Å². The Labute approximate surface area is 295 Å². The molecule has 264 valence electrons. The molecule has 0 saturated carbocycles. The summed E-state index contributed by atoms with van der Waals surface area (Å²) in [4.78, 5) is 19.1. The summed E-state index contributed by atoms with van der Waals surface area (Å²) in [6.07, 6.45) is 8.16. The number of aromatic nitrogens is 3. The zero-order valence-electron chi connectivity index (χ0n) is 30.3. The van der Waals surface area contributed by atoms with Gasteiger partial charge in [0, 0.05) is 48.9 Å². The largest absolute Gasteiger partial charge is 0.508 e. The first kappa shape index (κ1) is 34.6. The number of fused-ring (bicyclic) bond motifs is 2. The number of phenols is 1. The molecule has 7 nitrogen and oxygen atoms in total. The molecular formula is C40H50F2N6OSi. The fourth-order valence-electron chi connectivity index (χ4n) is 9.30. The number of rotatable bonds is 6. The van der Waals surface area contributed by atoms with Gasteiger partial charge in [-0.05, 0) is 85.3 Å². The maximum atomic E-state index is 17.2. The lowest BCUT2D eigenvalue weighted by molar-refractivity contribution is 0.418. The molecule has 50 heavy (non-hydrogen) atoms. The van der Waals surface area contributed by atoms with Crippen molar-refractivity contribution in [2.75, 3.05) is 42.5 Å². The molecule has 1 atom stereocenters. The molecule has 0 amide bonds. The van der Waals surface area contributed by atoms with Gasteiger partial charge in [-0.25, -0.2) is 13.8 Å². The Hall–Kier alpha value is -3.81. The van der Waals surface area contributed by atoms with Crippen LogP contribution in [0.3, 0.4) is 0 Å². The first-order valence-corrected chi connectivity index (χ1v) is 20.8. The van der Waals surface area contributed by atoms with Crippen LogP contribution < -0.4 is 15.1 Å². The van der Waals surface area contributed by atoms with E-state index in [4.69, 9.17) is 15.0 Å². The smallest absolute Gasteiger partial charge is 0.228 e. The Morgan fingerprint density at radius 1 is 0.900 bits per heavy atom. The molecular weight excluding hydrogens is 647 g/mol. The highest BCUT2D eigenvalue weighted by Crippen LogP contribution is 2.43. The molecule has 0 aliphatic carbocycles. The first-order chi connectivity index (χ1) is 23.9. The molecule has 1 unspecified atom stereocenters. The number of hydrogen-bond donors (Lipinski definition) is 2. The van der Waals surface area contributed by atoms with E-state index in [1.807, 2.05) is 0 Å². The van der Waals surface area contributed by atoms with E-state index in [2.05, 4.69) is 68.1 Å². The topological polar surface area (TPSA) is 77.4 Å². The number of nitrogens with zero attached hydrogens (tertiary/aromatic N) is 5. The van der Waals surface area contributed by atoms with Crippen molar-refractivity contribution in [2.24, 2.45) is 0 Å². The summed E-state index contributed by atoms with van der Waals surface area (Å²) < 4.78 is 33.2. The third-order valence-electron chi connectivity index (χ3n) is 11.9. The number of anilines is 2. The van der Waals surface area contributed by atoms with Crippen molar-refractivity contribution in [3.05, 3.63) is 47.7 Å². The van der Waals surface area contributed by atoms with E-state index in [1.165, 1.54) is 12.1 Å². The number of piperidine rings is 1. The van der Waals surface area contributed by atoms with Crippen LogP contribution in [0, 0.1) is 23.1 Å². The van der Waals surface area contributed by atoms with Crippen molar-refractivity contribution < 1.29 is 13.9 Å². The van der Waals surface area contributed by atoms with Crippen LogP contribution in [0.1, 0.15) is 85.6 Å². The molecule has 2 N–H and O–H groups in total. The summed E-state index contributed by atoms with van der Waals surface area (Å²) in [5, 5.41) is 16.2. The van der Waals surface area contributed by atoms with Gasteiger partial charge >= 0.3 is 0 Å². The summed E-state index contributed by atoms with van der Waals surface area (Å²) in [5.41, 5.74) is 5.48. The SMILES string of the molecule is CC(C)[Si](C#Cc1c(F)ccc2cc(O)cc(-c3ncc4c(N5CCCCC5)nc(N5CCC6(CCCN6)C5)nc4c3F)c12)(C(C)C)C(C)C. The second-order valence-corrected chi connectivity index (χ2v) is 21.3. The lowest BCUT2D eigenvalue weighted by atomic mass is 9.95. The van der Waals surface area contributed by atoms with Crippen molar-refractivity contribution in [1.29, 1.82) is 0 Å². The van der Waals surface area contributed by atoms with Crippen molar-refractivity contribution >= 4 is 41.5 Å². The van der Waals surface area contributed by atoms with E-state index in [0.29, 0.717) is 50.1 Å². The number of nitrogens with one attached hydrogen (secondary N) is 1. The third kappa shape index (κ3) is 5.90. The highest BCUT2D eigenvalue weighted by Gasteiger charge is 2.43. The Bertz CT molecular complexity index is 1970. The van der Waals surface area contributed by atoms with Crippen LogP contribution in [0.5, 0.6) is 5.75 Å². The summed E-state index contributed by atoms with van der Waals surface area (Å²) in [6.45, 7) is 17.6. The number of pyridine rings is 1. The molecule has 7 rings (SSSR count). The minimum atomic E-state index is -2.23. The van der Waals surface area contributed by atoms with E-state index in [0.717, 1.165) is 71.2 Å². The van der Waals surface area contributed by atoms with Gasteiger partial charge in [0.25, 0.3) is 0 Å². The number of aromatic hydroxyl groups is 1. The Morgan fingerprint density at radius 3 is 2.32 bits per heavy atom. The lowest BCUT2D eigenvalue weighted by Crippen LogP contribution is -2.43. The molecule has 0 radical (unpaired) electrons. The number of halogens is 2. The quantitative estimate of drug-likeness (QED) is 0.154. The summed E-state index contributed by atoms with van der Waals surface area (Å²) in [5.74, 6) is 3.40. The summed E-state index contributed by atoms with van der Waals surface area (Å²) in [7, 11) is -2.23. The van der Waals surface area contributed by atoms with Gasteiger partial charge in [0.2, 0.25) is 5.95 Å². The average molecular weight is 697 g/mol. The number of phenolic OH excluding ortho intramolecular Hbond substituents is 1. The molecule has 1 spiro atoms. The maximum Gasteiger partial charge on any atom is 0.228 e. The second kappa shape index (κ2) is 13.4. The van der Waals surface area contributed by atoms with Crippen LogP contribution in [-0.2, 0) is 0 Å². The van der Waals surface area contributed by atoms with Gasteiger partial charge in [0.05, 0.1) is 10.9 Å². The van der Waals surface area contributed by atoms with Gasteiger partial charge in [-0.3, -0.25) is 4.98 Å². The predicted octanol–water partition coefficient (Wildman–Crippen LogP) is 8.72. The van der Waals surface area contributed by atoms with E-state index in [1.54, 1.807) is 18.3 Å². The van der Waals surface area contributed by atoms with Crippen LogP contribution in [0.15, 0.2) is 30.5 Å². The highest BCUT2D eigenvalue weighted by molar-refractivity contribution is 6.90. The minimum Gasteiger partial charge on any atom is -0.508 e. The van der Waals surface area contributed by atoms with Crippen LogP contribution >= 0.6 is 0 Å². The molecule has 3 fully saturated rings. The fraction of sp³-hybridized carbons (Fsp3) is 0.525. The van der Waals surface area contributed by atoms with Gasteiger partial charge in [-0.2, -0.15) is 4.98 Å². The molecule has 5 heterocycles. The predicted molar refractivity (Wildman–Crippen MR) is 203 cm³/mol. The van der Waals surface area contributed by atoms with Crippen molar-refractivity contribution in [1.82, 2.24) is 20.3 Å². The third-order valence-corrected chi connectivity index (χ3v) is 18.1. The van der Waals surface area contributed by atoms with E-state index in [-0.39, 0.29) is 28.1 Å². The van der Waals surface area contributed by atoms with Crippen LogP contribution in [0.4, 0.5) is 20.5 Å². The fourth-order valence-corrected chi connectivity index (χ4v) is 14.5.